The van der Waals surface area contributed by atoms with E-state index in [0.717, 1.165) is 4.47 Å². The number of hydrogen-bond acceptors (Lipinski definition) is 1. The summed E-state index contributed by atoms with van der Waals surface area (Å²) in [5.74, 6) is 0. The molecule has 0 amide bonds. The van der Waals surface area contributed by atoms with Gasteiger partial charge in [0.25, 0.3) is 0 Å². The van der Waals surface area contributed by atoms with Gasteiger partial charge in [0.1, 0.15) is 5.12 Å². The van der Waals surface area contributed by atoms with E-state index in [1.54, 1.807) is 18.2 Å². The quantitative estimate of drug-likeness (QED) is 0.661. The molecule has 0 spiro atoms. The molecule has 0 aliphatic rings. The minimum absolute atomic E-state index is 0.664. The predicted molar refractivity (Wildman–Crippen MR) is 54.0 cm³/mol. The lowest BCUT2D eigenvalue weighted by Crippen LogP contribution is -1.83. The number of rotatable bonds is 2. The SMILES string of the molecule is O=[PH](O)C(Cl)c1cccc(Br)c1. The molecule has 0 aliphatic carbocycles. The summed E-state index contributed by atoms with van der Waals surface area (Å²) in [6, 6.07) is 7.07. The second-order valence-electron chi connectivity index (χ2n) is 2.26. The second kappa shape index (κ2) is 4.43. The van der Waals surface area contributed by atoms with E-state index < -0.39 is 13.1 Å². The molecule has 1 rings (SSSR count). The topological polar surface area (TPSA) is 37.3 Å². The number of alkyl halides is 1. The highest BCUT2D eigenvalue weighted by Gasteiger charge is 2.12. The van der Waals surface area contributed by atoms with Gasteiger partial charge in [-0.15, -0.1) is 11.6 Å². The van der Waals surface area contributed by atoms with Crippen molar-refractivity contribution in [2.45, 2.75) is 5.12 Å². The van der Waals surface area contributed by atoms with Crippen LogP contribution in [0.1, 0.15) is 10.7 Å². The molecule has 0 saturated carbocycles. The Morgan fingerprint density at radius 3 is 2.75 bits per heavy atom. The van der Waals surface area contributed by atoms with Crippen LogP contribution in [0.15, 0.2) is 28.7 Å². The summed E-state index contributed by atoms with van der Waals surface area (Å²) in [6.45, 7) is 0. The largest absolute Gasteiger partial charge is 0.345 e. The standard InChI is InChI=1S/C7H7BrClO2P/c8-6-3-1-2-5(4-6)7(9)12(10)11/h1-4,7,12H,(H,10,11). The minimum atomic E-state index is -2.69. The molecule has 2 atom stereocenters. The fraction of sp³-hybridized carbons (Fsp3) is 0.143. The zero-order valence-corrected chi connectivity index (χ0v) is 9.34. The maximum atomic E-state index is 10.6. The van der Waals surface area contributed by atoms with Gasteiger partial charge < -0.3 is 4.89 Å². The Labute approximate surface area is 84.6 Å². The Kier molecular flexibility index (Phi) is 3.78. The van der Waals surface area contributed by atoms with E-state index in [0.29, 0.717) is 5.56 Å². The van der Waals surface area contributed by atoms with Crippen LogP contribution in [-0.4, -0.2) is 4.89 Å². The summed E-state index contributed by atoms with van der Waals surface area (Å²) < 4.78 is 11.5. The van der Waals surface area contributed by atoms with Crippen LogP contribution in [0.3, 0.4) is 0 Å². The fourth-order valence-electron chi connectivity index (χ4n) is 0.807. The Balaban J connectivity index is 2.95. The zero-order valence-electron chi connectivity index (χ0n) is 6.00. The van der Waals surface area contributed by atoms with E-state index in [-0.39, 0.29) is 0 Å². The molecule has 0 aromatic heterocycles. The van der Waals surface area contributed by atoms with Crippen molar-refractivity contribution in [3.05, 3.63) is 34.3 Å². The predicted octanol–water partition coefficient (Wildman–Crippen LogP) is 3.15. The van der Waals surface area contributed by atoms with Gasteiger partial charge in [0.15, 0.2) is 0 Å². The van der Waals surface area contributed by atoms with Crippen LogP contribution in [-0.2, 0) is 4.57 Å². The third kappa shape index (κ3) is 2.60. The van der Waals surface area contributed by atoms with Gasteiger partial charge >= 0.3 is 0 Å². The molecule has 2 nitrogen and oxygen atoms in total. The highest BCUT2D eigenvalue weighted by molar-refractivity contribution is 9.10. The molecule has 0 heterocycles. The number of halogens is 2. The van der Waals surface area contributed by atoms with Crippen molar-refractivity contribution in [3.8, 4) is 0 Å². The van der Waals surface area contributed by atoms with Crippen LogP contribution in [0.2, 0.25) is 0 Å². The van der Waals surface area contributed by atoms with Gasteiger partial charge in [0, 0.05) is 4.47 Å². The summed E-state index contributed by atoms with van der Waals surface area (Å²) in [5, 5.41) is -0.785. The van der Waals surface area contributed by atoms with Crippen molar-refractivity contribution in [1.29, 1.82) is 0 Å². The lowest BCUT2D eigenvalue weighted by Gasteiger charge is -2.05. The molecule has 1 N–H and O–H groups in total. The Morgan fingerprint density at radius 2 is 2.25 bits per heavy atom. The summed E-state index contributed by atoms with van der Waals surface area (Å²) in [7, 11) is -2.69. The molecule has 0 bridgehead atoms. The van der Waals surface area contributed by atoms with Crippen LogP contribution >= 0.6 is 35.6 Å². The van der Waals surface area contributed by atoms with Crippen molar-refractivity contribution >= 4 is 35.6 Å². The van der Waals surface area contributed by atoms with E-state index in [2.05, 4.69) is 15.9 Å². The fourth-order valence-corrected chi connectivity index (χ4v) is 1.82. The smallest absolute Gasteiger partial charge is 0.210 e. The van der Waals surface area contributed by atoms with Crippen LogP contribution < -0.4 is 0 Å². The van der Waals surface area contributed by atoms with Crippen molar-refractivity contribution in [1.82, 2.24) is 0 Å². The van der Waals surface area contributed by atoms with Gasteiger partial charge in [-0.25, -0.2) is 0 Å². The summed E-state index contributed by atoms with van der Waals surface area (Å²) in [6.07, 6.45) is 0. The first-order chi connectivity index (χ1) is 5.61. The Bertz CT molecular complexity index is 305. The molecule has 66 valence electrons. The third-order valence-corrected chi connectivity index (χ3v) is 3.43. The molecule has 1 aromatic rings. The molecular weight excluding hydrogens is 262 g/mol. The molecule has 5 heteroatoms. The maximum Gasteiger partial charge on any atom is 0.210 e. The Morgan fingerprint density at radius 1 is 1.58 bits per heavy atom. The average Bonchev–Trinajstić information content (AvgIpc) is 2.03. The Hall–Kier alpha value is 0.180. The summed E-state index contributed by atoms with van der Waals surface area (Å²) in [5.41, 5.74) is 0.664. The van der Waals surface area contributed by atoms with E-state index in [1.165, 1.54) is 0 Å². The van der Waals surface area contributed by atoms with Crippen molar-refractivity contribution < 1.29 is 9.46 Å². The summed E-state index contributed by atoms with van der Waals surface area (Å²) in [4.78, 5) is 8.76. The molecule has 12 heavy (non-hydrogen) atoms. The lowest BCUT2D eigenvalue weighted by molar-refractivity contribution is 0.500. The molecule has 0 radical (unpaired) electrons. The zero-order chi connectivity index (χ0) is 9.14. The van der Waals surface area contributed by atoms with Gasteiger partial charge in [-0.2, -0.15) is 0 Å². The van der Waals surface area contributed by atoms with E-state index in [4.69, 9.17) is 16.5 Å². The monoisotopic (exact) mass is 268 g/mol. The van der Waals surface area contributed by atoms with Crippen LogP contribution in [0.4, 0.5) is 0 Å². The van der Waals surface area contributed by atoms with Crippen LogP contribution in [0.25, 0.3) is 0 Å². The van der Waals surface area contributed by atoms with E-state index in [9.17, 15) is 4.57 Å². The first-order valence-corrected chi connectivity index (χ1v) is 5.90. The van der Waals surface area contributed by atoms with Gasteiger partial charge in [-0.3, -0.25) is 4.57 Å². The lowest BCUT2D eigenvalue weighted by atomic mass is 10.2. The molecular formula is C7H7BrClO2P. The highest BCUT2D eigenvalue weighted by Crippen LogP contribution is 2.41. The number of benzene rings is 1. The van der Waals surface area contributed by atoms with Crippen LogP contribution in [0.5, 0.6) is 0 Å². The molecule has 0 fully saturated rings. The molecule has 2 unspecified atom stereocenters. The van der Waals surface area contributed by atoms with Crippen molar-refractivity contribution in [2.24, 2.45) is 0 Å². The average molecular weight is 269 g/mol. The first kappa shape index (κ1) is 10.3. The normalized spacial score (nSPS) is 15.6. The third-order valence-electron chi connectivity index (χ3n) is 1.36. The van der Waals surface area contributed by atoms with Gasteiger partial charge in [-0.1, -0.05) is 28.1 Å². The van der Waals surface area contributed by atoms with Crippen LogP contribution in [0, 0.1) is 0 Å². The van der Waals surface area contributed by atoms with E-state index >= 15 is 0 Å². The first-order valence-electron chi connectivity index (χ1n) is 3.23. The van der Waals surface area contributed by atoms with E-state index in [1.807, 2.05) is 6.07 Å². The van der Waals surface area contributed by atoms with Crippen molar-refractivity contribution in [3.63, 3.8) is 0 Å². The van der Waals surface area contributed by atoms with Gasteiger partial charge in [-0.05, 0) is 17.7 Å². The molecule has 0 aliphatic heterocycles. The molecule has 0 saturated heterocycles. The van der Waals surface area contributed by atoms with Crippen molar-refractivity contribution in [2.75, 3.05) is 0 Å². The minimum Gasteiger partial charge on any atom is -0.345 e. The van der Waals surface area contributed by atoms with Gasteiger partial charge in [0.05, 0.1) is 0 Å². The second-order valence-corrected chi connectivity index (χ2v) is 5.23. The molecule has 1 aromatic carbocycles. The highest BCUT2D eigenvalue weighted by atomic mass is 79.9. The van der Waals surface area contributed by atoms with Gasteiger partial charge in [0.2, 0.25) is 8.03 Å². The number of hydrogen-bond donors (Lipinski definition) is 1. The maximum absolute atomic E-state index is 10.6. The summed E-state index contributed by atoms with van der Waals surface area (Å²) >= 11 is 8.92.